The fraction of sp³-hybridized carbons (Fsp3) is 0.522. The Morgan fingerprint density at radius 2 is 0.746 bits per heavy atom. The molecular weight excluding hydrogens is 1790 g/mol. The van der Waals surface area contributed by atoms with E-state index in [1.807, 2.05) is 133 Å². The Morgan fingerprint density at radius 1 is 0.393 bits per heavy atom. The molecule has 13 N–H and O–H groups in total. The van der Waals surface area contributed by atoms with E-state index in [1.54, 1.807) is 125 Å². The molecule has 0 bridgehead atoms. The standard InChI is InChI=1S/2C46H64IN5O9/c1-43(2,3)46(41(58)59,24-23-37(53)54)52(44(4,5)6)42(60)51-35(40(57)61-45(7,8)9)16-12-13-25-49-39(56)36(28-30-17-20-31-14-10-11-15-32(31)26-30)50-38(55)34(48)27-29-18-21-33(47)22-19-29;1-44(2,3)59-38(53)24-23-36(42(57)61-46(7,8)9)52-43(58)51-35(41(56)60-45(4,5)6)16-12-13-25-49-40(55)37(28-30-17-20-31-14-10-11-15-32(31)26-30)50-39(54)34(48)27-29-18-21-33(47)22-19-29/h10-11,14-15,17-22,26,34-36H,12-13,16,23-25,27-28,48H2,1-9H3,(H,49,56)(H,50,55)(H,51,60)(H,53,54)(H,58,59);10-11,14-15,17-22,26,34-37H,12-13,16,23-25,27-28,48H2,1-9H3,(H,49,55)(H,50,54)(H2,51,52,58)/t34-,35-,36-,46-;34-,35-,36-,37-/m00/s1. The number of halogens is 2. The molecule has 0 radical (unpaired) electrons. The summed E-state index contributed by atoms with van der Waals surface area (Å²) in [5.41, 5.74) is 8.48. The Hall–Kier alpha value is -9.54. The number of nitrogens with two attached hydrogens (primary N) is 2. The zero-order valence-corrected chi connectivity index (χ0v) is 78.2. The Kier molecular flexibility index (Phi) is 39.1. The number of urea groups is 2. The molecule has 0 saturated carbocycles. The van der Waals surface area contributed by atoms with E-state index in [4.69, 9.17) is 30.4 Å². The third-order valence-electron chi connectivity index (χ3n) is 19.2. The summed E-state index contributed by atoms with van der Waals surface area (Å²) in [6.45, 7) is 30.6. The number of rotatable bonds is 38. The molecule has 6 aromatic rings. The normalized spacial score (nSPS) is 14.1. The van der Waals surface area contributed by atoms with Crippen molar-refractivity contribution >= 4 is 138 Å². The number of carbonyl (C=O) groups is 12. The van der Waals surface area contributed by atoms with Gasteiger partial charge in [-0.2, -0.15) is 0 Å². The van der Waals surface area contributed by atoms with Crippen molar-refractivity contribution in [2.24, 2.45) is 16.9 Å². The van der Waals surface area contributed by atoms with Crippen LogP contribution in [0.15, 0.2) is 133 Å². The molecule has 0 aliphatic rings. The highest BCUT2D eigenvalue weighted by Gasteiger charge is 2.58. The van der Waals surface area contributed by atoms with E-state index in [0.29, 0.717) is 32.1 Å². The van der Waals surface area contributed by atoms with Crippen LogP contribution in [0.2, 0.25) is 0 Å². The van der Waals surface area contributed by atoms with Crippen LogP contribution in [-0.4, -0.2) is 175 Å². The molecule has 8 amide bonds. The van der Waals surface area contributed by atoms with Crippen LogP contribution in [-0.2, 0) is 92.6 Å². The molecule has 6 aromatic carbocycles. The maximum absolute atomic E-state index is 14.3. The summed E-state index contributed by atoms with van der Waals surface area (Å²) in [5, 5.41) is 43.9. The van der Waals surface area contributed by atoms with Gasteiger partial charge in [0.2, 0.25) is 23.6 Å². The average Bonchev–Trinajstić information content (AvgIpc) is 0.734. The number of hydrogen-bond acceptors (Lipinski definition) is 18. The highest BCUT2D eigenvalue weighted by molar-refractivity contribution is 14.1. The van der Waals surface area contributed by atoms with E-state index in [2.05, 4.69) is 82.4 Å². The number of fused-ring (bicyclic) bond motifs is 2. The van der Waals surface area contributed by atoms with Crippen LogP contribution in [0.25, 0.3) is 21.5 Å². The number of hydrogen-bond donors (Lipinski definition) is 11. The van der Waals surface area contributed by atoms with E-state index in [9.17, 15) is 67.7 Å². The van der Waals surface area contributed by atoms with E-state index >= 15 is 0 Å². The molecule has 6 rings (SSSR count). The summed E-state index contributed by atoms with van der Waals surface area (Å²) < 4.78 is 24.2. The molecule has 0 aliphatic carbocycles. The molecule has 0 heterocycles. The van der Waals surface area contributed by atoms with Crippen LogP contribution in [0.5, 0.6) is 0 Å². The highest BCUT2D eigenvalue weighted by Crippen LogP contribution is 2.44. The number of carboxylic acid groups (broad SMARTS) is 2. The predicted molar refractivity (Wildman–Crippen MR) is 487 cm³/mol. The molecule has 0 unspecified atom stereocenters. The summed E-state index contributed by atoms with van der Waals surface area (Å²) in [4.78, 5) is 160. The lowest BCUT2D eigenvalue weighted by Gasteiger charge is -2.54. The van der Waals surface area contributed by atoms with Crippen LogP contribution in [0.1, 0.15) is 211 Å². The fourth-order valence-corrected chi connectivity index (χ4v) is 14.2. The van der Waals surface area contributed by atoms with Gasteiger partial charge in [-0.25, -0.2) is 28.8 Å². The first-order valence-corrected chi connectivity index (χ1v) is 43.4. The second kappa shape index (κ2) is 46.3. The number of carbonyl (C=O) groups excluding carboxylic acids is 10. The number of carboxylic acids is 2. The third-order valence-corrected chi connectivity index (χ3v) is 20.7. The van der Waals surface area contributed by atoms with Crippen molar-refractivity contribution in [3.05, 3.63) is 163 Å². The van der Waals surface area contributed by atoms with Gasteiger partial charge in [-0.1, -0.05) is 130 Å². The second-order valence-electron chi connectivity index (χ2n) is 36.6. The van der Waals surface area contributed by atoms with Gasteiger partial charge in [-0.3, -0.25) is 28.8 Å². The maximum atomic E-state index is 14.3. The van der Waals surface area contributed by atoms with Crippen molar-refractivity contribution < 1.29 is 86.7 Å². The van der Waals surface area contributed by atoms with Gasteiger partial charge < -0.3 is 82.7 Å². The van der Waals surface area contributed by atoms with Crippen LogP contribution < -0.4 is 48.7 Å². The van der Waals surface area contributed by atoms with Gasteiger partial charge in [0.15, 0.2) is 0 Å². The smallest absolute Gasteiger partial charge is 0.330 e. The van der Waals surface area contributed by atoms with E-state index < -0.39 is 159 Å². The molecule has 0 saturated heterocycles. The second-order valence-corrected chi connectivity index (χ2v) is 39.1. The molecule has 30 heteroatoms. The zero-order valence-electron chi connectivity index (χ0n) is 73.8. The van der Waals surface area contributed by atoms with Gasteiger partial charge in [0, 0.05) is 51.5 Å². The Labute approximate surface area is 745 Å². The maximum Gasteiger partial charge on any atom is 0.330 e. The number of unbranched alkanes of at least 4 members (excludes halogenated alkanes) is 2. The Morgan fingerprint density at radius 3 is 1.09 bits per heavy atom. The quantitative estimate of drug-likeness (QED) is 0.00742. The summed E-state index contributed by atoms with van der Waals surface area (Å²) in [7, 11) is 0. The van der Waals surface area contributed by atoms with Crippen molar-refractivity contribution in [1.82, 2.24) is 42.1 Å². The minimum atomic E-state index is -1.99. The van der Waals surface area contributed by atoms with Crippen molar-refractivity contribution in [3.8, 4) is 0 Å². The Balaban J connectivity index is 0.000000434. The first-order valence-electron chi connectivity index (χ1n) is 41.3. The minimum absolute atomic E-state index is 0.0733. The van der Waals surface area contributed by atoms with Gasteiger partial charge >= 0.3 is 47.9 Å². The number of aliphatic carboxylic acids is 2. The van der Waals surface area contributed by atoms with Crippen molar-refractivity contribution in [1.29, 1.82) is 0 Å². The molecule has 0 aromatic heterocycles. The summed E-state index contributed by atoms with van der Waals surface area (Å²) in [5.74, 6) is -7.06. The third kappa shape index (κ3) is 35.7. The number of benzene rings is 6. The summed E-state index contributed by atoms with van der Waals surface area (Å²) in [6, 6.07) is 33.9. The summed E-state index contributed by atoms with van der Waals surface area (Å²) >= 11 is 4.41. The molecule has 8 atom stereocenters. The molecule has 28 nitrogen and oxygen atoms in total. The highest BCUT2D eigenvalue weighted by atomic mass is 127. The summed E-state index contributed by atoms with van der Waals surface area (Å²) in [6.07, 6.45) is 1.52. The lowest BCUT2D eigenvalue weighted by Crippen LogP contribution is -2.71. The molecule has 668 valence electrons. The number of nitrogens with one attached hydrogen (secondary N) is 7. The Bertz CT molecular complexity index is 4560. The zero-order chi connectivity index (χ0) is 91.5. The largest absolute Gasteiger partial charge is 0.481 e. The van der Waals surface area contributed by atoms with Gasteiger partial charge in [0.25, 0.3) is 0 Å². The molecule has 0 fully saturated rings. The van der Waals surface area contributed by atoms with Gasteiger partial charge in [-0.05, 0) is 287 Å². The lowest BCUT2D eigenvalue weighted by atomic mass is 9.68. The van der Waals surface area contributed by atoms with Gasteiger partial charge in [-0.15, -0.1) is 0 Å². The number of nitrogens with zero attached hydrogens (tertiary/aromatic N) is 1. The van der Waals surface area contributed by atoms with Crippen LogP contribution in [0.3, 0.4) is 0 Å². The van der Waals surface area contributed by atoms with Crippen LogP contribution >= 0.6 is 45.2 Å². The van der Waals surface area contributed by atoms with Crippen molar-refractivity contribution in [2.75, 3.05) is 13.1 Å². The molecule has 0 spiro atoms. The van der Waals surface area contributed by atoms with Crippen LogP contribution in [0.4, 0.5) is 9.59 Å². The minimum Gasteiger partial charge on any atom is -0.481 e. The van der Waals surface area contributed by atoms with Crippen molar-refractivity contribution in [2.45, 2.75) is 290 Å². The number of amides is 8. The van der Waals surface area contributed by atoms with Crippen molar-refractivity contribution in [3.63, 3.8) is 0 Å². The SMILES string of the molecule is CC(C)(C)OC(=O)CC[C@H](NC(=O)N[C@@H](CCCCNC(=O)[C@H](Cc1ccc2ccccc2c1)NC(=O)[C@@H](N)Cc1ccc(I)cc1)C(=O)OC(C)(C)C)C(=O)OC(C)(C)C.CC(C)(C)OC(=O)[C@H](CCCCNC(=O)[C@H](Cc1ccc2ccccc2c1)NC(=O)[C@@H](N)Cc1ccc(I)cc1)NC(=O)N(C(C)(C)C)[C@@](CCC(=O)O)(C(=O)O)C(C)(C)C. The van der Waals surface area contributed by atoms with Crippen LogP contribution in [0, 0.1) is 12.6 Å². The molecular formula is C92H128I2N10O18. The van der Waals surface area contributed by atoms with E-state index in [-0.39, 0.29) is 64.5 Å². The average molecular weight is 1920 g/mol. The first kappa shape index (κ1) is 103. The molecule has 0 aliphatic heterocycles. The number of ether oxygens (including phenoxy) is 4. The van der Waals surface area contributed by atoms with Gasteiger partial charge in [0.05, 0.1) is 12.1 Å². The predicted octanol–water partition coefficient (Wildman–Crippen LogP) is 12.8. The van der Waals surface area contributed by atoms with E-state index in [0.717, 1.165) is 55.8 Å². The molecule has 122 heavy (non-hydrogen) atoms. The monoisotopic (exact) mass is 1910 g/mol. The van der Waals surface area contributed by atoms with Gasteiger partial charge in [0.1, 0.15) is 58.2 Å². The lowest BCUT2D eigenvalue weighted by molar-refractivity contribution is -0.165. The van der Waals surface area contributed by atoms with E-state index in [1.165, 1.54) is 0 Å². The number of esters is 4. The topological polar surface area (TPSA) is 422 Å². The first-order chi connectivity index (χ1) is 56.6. The fourth-order valence-electron chi connectivity index (χ4n) is 13.5.